The number of carbonyl (C=O) groups excluding carboxylic acids is 1. The highest BCUT2D eigenvalue weighted by Gasteiger charge is 2.60. The zero-order chi connectivity index (χ0) is 26.1. The second-order valence-electron chi connectivity index (χ2n) is 12.2. The van der Waals surface area contributed by atoms with Crippen LogP contribution in [0, 0.1) is 27.4 Å². The topological polar surface area (TPSA) is 103 Å². The third kappa shape index (κ3) is 4.18. The first-order chi connectivity index (χ1) is 18.3. The summed E-state index contributed by atoms with van der Waals surface area (Å²) in [5.74, 6) is 2.87. The number of hydrogen-bond acceptors (Lipinski definition) is 7. The highest BCUT2D eigenvalue weighted by Crippen LogP contribution is 2.65. The molecule has 10 nitrogen and oxygen atoms in total. The van der Waals surface area contributed by atoms with Gasteiger partial charge in [-0.3, -0.25) is 9.69 Å². The van der Waals surface area contributed by atoms with Gasteiger partial charge in [0.15, 0.2) is 11.5 Å². The number of amides is 1. The molecule has 1 saturated heterocycles. The number of ether oxygens (including phenoxy) is 2. The van der Waals surface area contributed by atoms with Crippen LogP contribution in [0.2, 0.25) is 0 Å². The first kappa shape index (κ1) is 24.4. The lowest BCUT2D eigenvalue weighted by atomic mass is 9.46. The van der Waals surface area contributed by atoms with Crippen molar-refractivity contribution < 1.29 is 19.2 Å². The first-order valence-corrected chi connectivity index (χ1v) is 14.4. The second kappa shape index (κ2) is 8.94. The van der Waals surface area contributed by atoms with Gasteiger partial charge in [0.25, 0.3) is 0 Å². The molecule has 1 aromatic heterocycles. The lowest BCUT2D eigenvalue weighted by molar-refractivity contribution is -0.390. The molecule has 38 heavy (non-hydrogen) atoms. The molecule has 2 aromatic rings. The van der Waals surface area contributed by atoms with E-state index >= 15 is 0 Å². The van der Waals surface area contributed by atoms with Crippen molar-refractivity contribution in [1.29, 1.82) is 0 Å². The average molecular weight is 586 g/mol. The van der Waals surface area contributed by atoms with E-state index in [1.165, 1.54) is 12.0 Å². The number of benzene rings is 1. The molecule has 202 valence electrons. The van der Waals surface area contributed by atoms with E-state index in [9.17, 15) is 14.9 Å². The summed E-state index contributed by atoms with van der Waals surface area (Å²) in [5, 5.41) is 15.9. The molecule has 1 aromatic carbocycles. The van der Waals surface area contributed by atoms with Crippen molar-refractivity contribution in [1.82, 2.24) is 19.6 Å². The Balaban J connectivity index is 1.01. The van der Waals surface area contributed by atoms with Crippen LogP contribution in [0.25, 0.3) is 0 Å². The zero-order valence-electron chi connectivity index (χ0n) is 21.3. The maximum absolute atomic E-state index is 13.6. The Bertz CT molecular complexity index is 1270. The normalized spacial score (nSPS) is 31.7. The Morgan fingerprint density at radius 1 is 1.11 bits per heavy atom. The molecule has 4 aliphatic carbocycles. The zero-order valence-corrected chi connectivity index (χ0v) is 22.9. The molecule has 0 N–H and O–H groups in total. The van der Waals surface area contributed by atoms with E-state index < -0.39 is 4.92 Å². The molecule has 8 rings (SSSR count). The summed E-state index contributed by atoms with van der Waals surface area (Å²) in [6.07, 6.45) is 8.65. The fourth-order valence-electron chi connectivity index (χ4n) is 8.47. The third-order valence-electron chi connectivity index (χ3n) is 9.56. The number of piperazine rings is 1. The monoisotopic (exact) mass is 585 g/mol. The smallest absolute Gasteiger partial charge is 0.404 e. The molecule has 2 atom stereocenters. The van der Waals surface area contributed by atoms with Crippen LogP contribution in [0.5, 0.6) is 11.5 Å². The molecule has 5 fully saturated rings. The second-order valence-corrected chi connectivity index (χ2v) is 13.1. The van der Waals surface area contributed by atoms with Crippen molar-refractivity contribution in [3.63, 3.8) is 0 Å². The number of nitrogens with zero attached hydrogens (tertiary/aromatic N) is 5. The van der Waals surface area contributed by atoms with Crippen LogP contribution in [0.3, 0.4) is 0 Å². The van der Waals surface area contributed by atoms with Crippen molar-refractivity contribution in [3.05, 3.63) is 44.5 Å². The summed E-state index contributed by atoms with van der Waals surface area (Å²) in [5.41, 5.74) is 0.945. The van der Waals surface area contributed by atoms with Crippen molar-refractivity contribution in [2.75, 3.05) is 33.0 Å². The minimum Gasteiger partial charge on any atom is -0.454 e. The van der Waals surface area contributed by atoms with Crippen LogP contribution < -0.4 is 9.47 Å². The number of aromatic nitrogens is 2. The van der Waals surface area contributed by atoms with Crippen molar-refractivity contribution in [3.8, 4) is 11.5 Å². The molecule has 2 unspecified atom stereocenters. The maximum Gasteiger partial charge on any atom is 0.404 e. The van der Waals surface area contributed by atoms with Gasteiger partial charge in [0.1, 0.15) is 4.47 Å². The molecule has 0 radical (unpaired) electrons. The first-order valence-electron chi connectivity index (χ1n) is 13.6. The van der Waals surface area contributed by atoms with Crippen LogP contribution in [-0.4, -0.2) is 63.4 Å². The van der Waals surface area contributed by atoms with Crippen molar-refractivity contribution >= 4 is 27.7 Å². The van der Waals surface area contributed by atoms with E-state index in [1.54, 1.807) is 6.20 Å². The van der Waals surface area contributed by atoms with Crippen LogP contribution in [0.15, 0.2) is 28.9 Å². The van der Waals surface area contributed by atoms with Crippen molar-refractivity contribution in [2.45, 2.75) is 57.0 Å². The number of hydrogen-bond donors (Lipinski definition) is 0. The van der Waals surface area contributed by atoms with E-state index in [0.717, 1.165) is 76.3 Å². The number of nitro groups is 1. The highest BCUT2D eigenvalue weighted by molar-refractivity contribution is 9.10. The summed E-state index contributed by atoms with van der Waals surface area (Å²) in [6, 6.07) is 6.10. The quantitative estimate of drug-likeness (QED) is 0.367. The van der Waals surface area contributed by atoms with Gasteiger partial charge in [-0.15, -0.1) is 0 Å². The summed E-state index contributed by atoms with van der Waals surface area (Å²) in [7, 11) is 0. The molecular weight excluding hydrogens is 554 g/mol. The SMILES string of the molecule is O=C(CC12CC3CC(C1)CC(n1cc(Br)c([N+](=O)[O-])n1)(C3)C2)N1CCN(Cc2ccc3c(c2)OCO3)CC1. The number of fused-ring (bicyclic) bond motifs is 1. The molecule has 3 heterocycles. The molecule has 11 heteroatoms. The average Bonchev–Trinajstić information content (AvgIpc) is 3.50. The summed E-state index contributed by atoms with van der Waals surface area (Å²) >= 11 is 3.34. The molecule has 4 bridgehead atoms. The predicted molar refractivity (Wildman–Crippen MR) is 141 cm³/mol. The maximum atomic E-state index is 13.6. The summed E-state index contributed by atoms with van der Waals surface area (Å²) < 4.78 is 13.2. The summed E-state index contributed by atoms with van der Waals surface area (Å²) in [6.45, 7) is 4.31. The van der Waals surface area contributed by atoms with Gasteiger partial charge in [-0.25, -0.2) is 0 Å². The Hall–Kier alpha value is -2.66. The Morgan fingerprint density at radius 3 is 2.55 bits per heavy atom. The number of halogens is 1. The van der Waals surface area contributed by atoms with Crippen LogP contribution in [0.4, 0.5) is 5.82 Å². The lowest BCUT2D eigenvalue weighted by Crippen LogP contribution is -2.58. The lowest BCUT2D eigenvalue weighted by Gasteiger charge is -2.61. The van der Waals surface area contributed by atoms with Crippen LogP contribution in [0.1, 0.15) is 50.5 Å². The van der Waals surface area contributed by atoms with Gasteiger partial charge in [-0.05, 0) is 94.3 Å². The van der Waals surface area contributed by atoms with E-state index in [-0.39, 0.29) is 29.5 Å². The van der Waals surface area contributed by atoms with Gasteiger partial charge in [-0.1, -0.05) is 6.07 Å². The number of carbonyl (C=O) groups is 1. The molecule has 1 amide bonds. The van der Waals surface area contributed by atoms with Gasteiger partial charge in [0.05, 0.1) is 16.8 Å². The third-order valence-corrected chi connectivity index (χ3v) is 10.1. The molecule has 6 aliphatic rings. The van der Waals surface area contributed by atoms with Gasteiger partial charge in [0.2, 0.25) is 12.7 Å². The van der Waals surface area contributed by atoms with Gasteiger partial charge < -0.3 is 24.5 Å². The molecule has 4 saturated carbocycles. The Kier molecular flexibility index (Phi) is 5.74. The number of rotatable bonds is 6. The van der Waals surface area contributed by atoms with E-state index in [1.807, 2.05) is 10.7 Å². The Morgan fingerprint density at radius 2 is 1.84 bits per heavy atom. The van der Waals surface area contributed by atoms with E-state index in [2.05, 4.69) is 43.0 Å². The largest absolute Gasteiger partial charge is 0.454 e. The van der Waals surface area contributed by atoms with Gasteiger partial charge in [0, 0.05) is 39.1 Å². The minimum absolute atomic E-state index is 0.0298. The fourth-order valence-corrected chi connectivity index (χ4v) is 8.89. The molecule has 0 spiro atoms. The van der Waals surface area contributed by atoms with Crippen LogP contribution >= 0.6 is 15.9 Å². The minimum atomic E-state index is -0.424. The van der Waals surface area contributed by atoms with Crippen LogP contribution in [-0.2, 0) is 16.9 Å². The molecular formula is C27H32BrN5O5. The van der Waals surface area contributed by atoms with E-state index in [0.29, 0.717) is 22.7 Å². The summed E-state index contributed by atoms with van der Waals surface area (Å²) in [4.78, 5) is 29.1. The standard InChI is InChI=1S/C27H32BrN5O5/c28-21-15-32(29-25(21)33(35)36)27-11-19-7-20(12-27)10-26(9-19,16-27)13-24(34)31-5-3-30(4-6-31)14-18-1-2-22-23(8-18)38-17-37-22/h1-2,8,15,19-20H,3-7,9-14,16-17H2. The molecule has 2 aliphatic heterocycles. The Labute approximate surface area is 229 Å². The highest BCUT2D eigenvalue weighted by atomic mass is 79.9. The van der Waals surface area contributed by atoms with Gasteiger partial charge >= 0.3 is 5.82 Å². The fraction of sp³-hybridized carbons (Fsp3) is 0.630. The van der Waals surface area contributed by atoms with Crippen molar-refractivity contribution in [2.24, 2.45) is 17.3 Å². The predicted octanol–water partition coefficient (Wildman–Crippen LogP) is 4.31. The van der Waals surface area contributed by atoms with E-state index in [4.69, 9.17) is 9.47 Å². The van der Waals surface area contributed by atoms with Gasteiger partial charge in [-0.2, -0.15) is 4.68 Å².